The third kappa shape index (κ3) is 2.47. The number of carbonyl (C=O) groups is 1. The van der Waals surface area contributed by atoms with Crippen molar-refractivity contribution in [3.63, 3.8) is 0 Å². The number of hydrogen-bond acceptors (Lipinski definition) is 2. The molecule has 98 valence electrons. The van der Waals surface area contributed by atoms with Crippen LogP contribution in [0.4, 0.5) is 0 Å². The standard InChI is InChI=1S/C14H20N2O2/c1-9-5-11(17)6-12(15-9)10-7-16(8-10)13(18)14(2,3)4/h5-6,10H,7-8H2,1-4H3,(H,15,17). The van der Waals surface area contributed by atoms with Gasteiger partial charge in [0.05, 0.1) is 0 Å². The number of H-pyrrole nitrogens is 1. The molecule has 2 rings (SSSR count). The van der Waals surface area contributed by atoms with E-state index in [-0.39, 0.29) is 22.7 Å². The van der Waals surface area contributed by atoms with E-state index in [0.29, 0.717) is 13.1 Å². The molecule has 0 radical (unpaired) electrons. The molecule has 0 unspecified atom stereocenters. The van der Waals surface area contributed by atoms with Crippen molar-refractivity contribution in [2.45, 2.75) is 33.6 Å². The first kappa shape index (κ1) is 12.9. The van der Waals surface area contributed by atoms with Crippen molar-refractivity contribution in [1.82, 2.24) is 9.88 Å². The lowest BCUT2D eigenvalue weighted by atomic mass is 9.89. The molecule has 18 heavy (non-hydrogen) atoms. The Kier molecular flexibility index (Phi) is 3.05. The summed E-state index contributed by atoms with van der Waals surface area (Å²) >= 11 is 0. The molecule has 2 heterocycles. The first-order chi connectivity index (χ1) is 8.27. The Balaban J connectivity index is 2.05. The molecule has 0 aliphatic carbocycles. The van der Waals surface area contributed by atoms with Gasteiger partial charge < -0.3 is 9.88 Å². The van der Waals surface area contributed by atoms with Gasteiger partial charge in [0.15, 0.2) is 5.43 Å². The molecular formula is C14H20N2O2. The second kappa shape index (κ2) is 4.26. The molecule has 1 aliphatic rings. The van der Waals surface area contributed by atoms with E-state index in [0.717, 1.165) is 11.4 Å². The van der Waals surface area contributed by atoms with E-state index in [9.17, 15) is 9.59 Å². The Labute approximate surface area is 107 Å². The number of carbonyl (C=O) groups excluding carboxylic acids is 1. The number of aromatic nitrogens is 1. The zero-order valence-electron chi connectivity index (χ0n) is 11.4. The third-order valence-corrected chi connectivity index (χ3v) is 3.25. The molecule has 0 spiro atoms. The van der Waals surface area contributed by atoms with Crippen LogP contribution in [0, 0.1) is 12.3 Å². The highest BCUT2D eigenvalue weighted by molar-refractivity contribution is 5.82. The molecule has 1 N–H and O–H groups in total. The number of aryl methyl sites for hydroxylation is 1. The number of aromatic amines is 1. The highest BCUT2D eigenvalue weighted by Gasteiger charge is 2.37. The molecule has 1 saturated heterocycles. The lowest BCUT2D eigenvalue weighted by Crippen LogP contribution is -2.52. The maximum Gasteiger partial charge on any atom is 0.227 e. The second-order valence-electron chi connectivity index (χ2n) is 6.11. The maximum absolute atomic E-state index is 12.0. The van der Waals surface area contributed by atoms with Crippen molar-refractivity contribution < 1.29 is 4.79 Å². The minimum Gasteiger partial charge on any atom is -0.362 e. The molecule has 0 atom stereocenters. The van der Waals surface area contributed by atoms with Gasteiger partial charge in [-0.1, -0.05) is 20.8 Å². The van der Waals surface area contributed by atoms with Crippen molar-refractivity contribution in [3.8, 4) is 0 Å². The van der Waals surface area contributed by atoms with E-state index in [1.807, 2.05) is 32.6 Å². The summed E-state index contributed by atoms with van der Waals surface area (Å²) in [5.74, 6) is 0.442. The number of nitrogens with one attached hydrogen (secondary N) is 1. The lowest BCUT2D eigenvalue weighted by molar-refractivity contribution is -0.144. The van der Waals surface area contributed by atoms with Crippen LogP contribution in [0.15, 0.2) is 16.9 Å². The predicted octanol–water partition coefficient (Wildman–Crippen LogP) is 1.66. The highest BCUT2D eigenvalue weighted by Crippen LogP contribution is 2.29. The molecule has 1 aromatic heterocycles. The SMILES string of the molecule is Cc1cc(=O)cc(C2CN(C(=O)C(C)(C)C)C2)[nH]1. The Morgan fingerprint density at radius 1 is 1.33 bits per heavy atom. The summed E-state index contributed by atoms with van der Waals surface area (Å²) in [5, 5.41) is 0. The van der Waals surface area contributed by atoms with Crippen LogP contribution in [0.2, 0.25) is 0 Å². The summed E-state index contributed by atoms with van der Waals surface area (Å²) in [7, 11) is 0. The monoisotopic (exact) mass is 248 g/mol. The van der Waals surface area contributed by atoms with Gasteiger partial charge in [-0.05, 0) is 6.92 Å². The molecule has 0 aromatic carbocycles. The Morgan fingerprint density at radius 2 is 1.94 bits per heavy atom. The summed E-state index contributed by atoms with van der Waals surface area (Å²) in [6.07, 6.45) is 0. The van der Waals surface area contributed by atoms with Crippen LogP contribution < -0.4 is 5.43 Å². The van der Waals surface area contributed by atoms with E-state index in [4.69, 9.17) is 0 Å². The van der Waals surface area contributed by atoms with Crippen LogP contribution in [0.5, 0.6) is 0 Å². The predicted molar refractivity (Wildman–Crippen MR) is 70.6 cm³/mol. The van der Waals surface area contributed by atoms with Gasteiger partial charge in [0.2, 0.25) is 5.91 Å². The first-order valence-electron chi connectivity index (χ1n) is 6.27. The fraction of sp³-hybridized carbons (Fsp3) is 0.571. The van der Waals surface area contributed by atoms with Gasteiger partial charge in [0.1, 0.15) is 0 Å². The molecule has 4 nitrogen and oxygen atoms in total. The molecule has 1 amide bonds. The quantitative estimate of drug-likeness (QED) is 0.821. The first-order valence-corrected chi connectivity index (χ1v) is 6.27. The van der Waals surface area contributed by atoms with Crippen molar-refractivity contribution in [3.05, 3.63) is 33.7 Å². The number of pyridine rings is 1. The third-order valence-electron chi connectivity index (χ3n) is 3.25. The zero-order chi connectivity index (χ0) is 13.5. The van der Waals surface area contributed by atoms with Crippen LogP contribution in [0.25, 0.3) is 0 Å². The van der Waals surface area contributed by atoms with E-state index in [2.05, 4.69) is 4.98 Å². The van der Waals surface area contributed by atoms with Gasteiger partial charge >= 0.3 is 0 Å². The average molecular weight is 248 g/mol. The van der Waals surface area contributed by atoms with Crippen LogP contribution >= 0.6 is 0 Å². The largest absolute Gasteiger partial charge is 0.362 e. The summed E-state index contributed by atoms with van der Waals surface area (Å²) in [5.41, 5.74) is 1.52. The van der Waals surface area contributed by atoms with Gasteiger partial charge in [-0.25, -0.2) is 0 Å². The molecular weight excluding hydrogens is 228 g/mol. The summed E-state index contributed by atoms with van der Waals surface area (Å²) < 4.78 is 0. The van der Waals surface area contributed by atoms with Crippen LogP contribution in [0.3, 0.4) is 0 Å². The minimum absolute atomic E-state index is 0.0295. The van der Waals surface area contributed by atoms with E-state index >= 15 is 0 Å². The van der Waals surface area contributed by atoms with E-state index in [1.165, 1.54) is 0 Å². The molecule has 1 aromatic rings. The number of likely N-dealkylation sites (tertiary alicyclic amines) is 1. The number of hydrogen-bond donors (Lipinski definition) is 1. The van der Waals surface area contributed by atoms with Crippen molar-refractivity contribution >= 4 is 5.91 Å². The topological polar surface area (TPSA) is 53.2 Å². The van der Waals surface area contributed by atoms with E-state index in [1.54, 1.807) is 12.1 Å². The molecule has 0 saturated carbocycles. The fourth-order valence-electron chi connectivity index (χ4n) is 2.24. The van der Waals surface area contributed by atoms with Crippen LogP contribution in [-0.2, 0) is 4.79 Å². The second-order valence-corrected chi connectivity index (χ2v) is 6.11. The fourth-order valence-corrected chi connectivity index (χ4v) is 2.24. The lowest BCUT2D eigenvalue weighted by Gasteiger charge is -2.42. The van der Waals surface area contributed by atoms with Gasteiger partial charge in [-0.2, -0.15) is 0 Å². The van der Waals surface area contributed by atoms with Crippen molar-refractivity contribution in [1.29, 1.82) is 0 Å². The Morgan fingerprint density at radius 3 is 2.44 bits per heavy atom. The molecule has 1 aliphatic heterocycles. The number of nitrogens with zero attached hydrogens (tertiary/aromatic N) is 1. The average Bonchev–Trinajstić information content (AvgIpc) is 2.11. The molecule has 0 bridgehead atoms. The smallest absolute Gasteiger partial charge is 0.227 e. The van der Waals surface area contributed by atoms with Crippen LogP contribution in [-0.4, -0.2) is 28.9 Å². The van der Waals surface area contributed by atoms with Gasteiger partial charge in [-0.15, -0.1) is 0 Å². The summed E-state index contributed by atoms with van der Waals surface area (Å²) in [4.78, 5) is 28.5. The van der Waals surface area contributed by atoms with Gasteiger partial charge in [0, 0.05) is 47.9 Å². The minimum atomic E-state index is -0.328. The number of amides is 1. The van der Waals surface area contributed by atoms with E-state index < -0.39 is 0 Å². The van der Waals surface area contributed by atoms with Crippen molar-refractivity contribution in [2.75, 3.05) is 13.1 Å². The summed E-state index contributed by atoms with van der Waals surface area (Å²) in [6.45, 7) is 9.07. The van der Waals surface area contributed by atoms with Crippen molar-refractivity contribution in [2.24, 2.45) is 5.41 Å². The molecule has 1 fully saturated rings. The molecule has 4 heteroatoms. The zero-order valence-corrected chi connectivity index (χ0v) is 11.4. The maximum atomic E-state index is 12.0. The Hall–Kier alpha value is -1.58. The van der Waals surface area contributed by atoms with Gasteiger partial charge in [0.25, 0.3) is 0 Å². The Bertz CT molecular complexity index is 519. The highest BCUT2D eigenvalue weighted by atomic mass is 16.2. The van der Waals surface area contributed by atoms with Gasteiger partial charge in [-0.3, -0.25) is 9.59 Å². The normalized spacial score (nSPS) is 16.6. The summed E-state index contributed by atoms with van der Waals surface area (Å²) in [6, 6.07) is 3.22. The number of rotatable bonds is 1. The van der Waals surface area contributed by atoms with Crippen LogP contribution in [0.1, 0.15) is 38.1 Å².